The predicted molar refractivity (Wildman–Crippen MR) is 92.9 cm³/mol. The van der Waals surface area contributed by atoms with Crippen LogP contribution in [-0.2, 0) is 31.3 Å². The molecule has 1 aromatic rings. The van der Waals surface area contributed by atoms with Gasteiger partial charge in [-0.1, -0.05) is 11.6 Å². The Labute approximate surface area is 152 Å². The van der Waals surface area contributed by atoms with Crippen molar-refractivity contribution in [1.82, 2.24) is 4.98 Å². The Morgan fingerprint density at radius 1 is 1.32 bits per heavy atom. The van der Waals surface area contributed by atoms with Gasteiger partial charge in [0.05, 0.1) is 37.0 Å². The Bertz CT molecular complexity index is 747. The number of sulfone groups is 1. The molecule has 138 valence electrons. The largest absolute Gasteiger partial charge is 0.493 e. The highest BCUT2D eigenvalue weighted by molar-refractivity contribution is 7.91. The van der Waals surface area contributed by atoms with Gasteiger partial charge in [0.2, 0.25) is 0 Å². The highest BCUT2D eigenvalue weighted by Crippen LogP contribution is 2.42. The summed E-state index contributed by atoms with van der Waals surface area (Å²) in [5.74, 6) is 1.52. The fourth-order valence-corrected chi connectivity index (χ4v) is 5.62. The van der Waals surface area contributed by atoms with Gasteiger partial charge in [0.1, 0.15) is 26.3 Å². The average Bonchev–Trinajstić information content (AvgIpc) is 3.04. The van der Waals surface area contributed by atoms with Crippen LogP contribution < -0.4 is 4.74 Å². The van der Waals surface area contributed by atoms with Gasteiger partial charge in [-0.3, -0.25) is 0 Å². The number of pyridine rings is 1. The standard InChI is InChI=1S/C17H22ClNO5S/c18-15-9-14(23-10-12-2-7-25(20,21)8-3-12)13-1-5-24-17(16(13)19-15)4-6-22-11-17/h9,12H,1-8,10-11H2. The van der Waals surface area contributed by atoms with E-state index in [1.807, 2.05) is 0 Å². The zero-order valence-electron chi connectivity index (χ0n) is 14.0. The Morgan fingerprint density at radius 2 is 2.12 bits per heavy atom. The number of rotatable bonds is 3. The van der Waals surface area contributed by atoms with Crippen molar-refractivity contribution in [3.05, 3.63) is 22.5 Å². The fourth-order valence-electron chi connectivity index (χ4n) is 3.84. The number of hydrogen-bond donors (Lipinski definition) is 0. The Balaban J connectivity index is 1.54. The number of fused-ring (bicyclic) bond motifs is 2. The molecule has 1 unspecified atom stereocenters. The van der Waals surface area contributed by atoms with Crippen molar-refractivity contribution >= 4 is 21.4 Å². The molecule has 0 aliphatic carbocycles. The van der Waals surface area contributed by atoms with E-state index in [-0.39, 0.29) is 17.4 Å². The molecule has 2 saturated heterocycles. The second kappa shape index (κ2) is 6.68. The summed E-state index contributed by atoms with van der Waals surface area (Å²) in [4.78, 5) is 4.52. The van der Waals surface area contributed by atoms with Gasteiger partial charge in [0, 0.05) is 31.1 Å². The number of ether oxygens (including phenoxy) is 3. The maximum atomic E-state index is 11.6. The maximum absolute atomic E-state index is 11.6. The molecule has 1 atom stereocenters. The summed E-state index contributed by atoms with van der Waals surface area (Å²) in [7, 11) is -2.85. The molecule has 1 spiro atoms. The van der Waals surface area contributed by atoms with Crippen LogP contribution in [0.3, 0.4) is 0 Å². The smallest absolute Gasteiger partial charge is 0.150 e. The molecule has 0 bridgehead atoms. The molecular formula is C17H22ClNO5S. The second-order valence-electron chi connectivity index (χ2n) is 7.07. The van der Waals surface area contributed by atoms with E-state index in [0.717, 1.165) is 29.8 Å². The van der Waals surface area contributed by atoms with Gasteiger partial charge in [-0.2, -0.15) is 0 Å². The molecule has 6 nitrogen and oxygen atoms in total. The first-order valence-electron chi connectivity index (χ1n) is 8.72. The van der Waals surface area contributed by atoms with Crippen molar-refractivity contribution < 1.29 is 22.6 Å². The molecule has 25 heavy (non-hydrogen) atoms. The lowest BCUT2D eigenvalue weighted by molar-refractivity contribution is -0.0670. The Kier molecular flexibility index (Phi) is 4.68. The molecule has 0 radical (unpaired) electrons. The predicted octanol–water partition coefficient (Wildman–Crippen LogP) is 2.13. The van der Waals surface area contributed by atoms with E-state index in [4.69, 9.17) is 25.8 Å². The zero-order chi connectivity index (χ0) is 17.5. The van der Waals surface area contributed by atoms with E-state index in [9.17, 15) is 8.42 Å². The van der Waals surface area contributed by atoms with Gasteiger partial charge in [-0.15, -0.1) is 0 Å². The lowest BCUT2D eigenvalue weighted by Crippen LogP contribution is -2.37. The van der Waals surface area contributed by atoms with Gasteiger partial charge in [0.15, 0.2) is 0 Å². The summed E-state index contributed by atoms with van der Waals surface area (Å²) in [6, 6.07) is 1.76. The minimum absolute atomic E-state index is 0.254. The van der Waals surface area contributed by atoms with Gasteiger partial charge < -0.3 is 14.2 Å². The molecule has 0 aromatic carbocycles. The monoisotopic (exact) mass is 387 g/mol. The van der Waals surface area contributed by atoms with Crippen molar-refractivity contribution in [3.63, 3.8) is 0 Å². The lowest BCUT2D eigenvalue weighted by atomic mass is 9.90. The van der Waals surface area contributed by atoms with Crippen molar-refractivity contribution in [2.75, 3.05) is 37.9 Å². The van der Waals surface area contributed by atoms with Crippen LogP contribution in [0.4, 0.5) is 0 Å². The SMILES string of the molecule is O=S1(=O)CCC(COc2cc(Cl)nc3c2CCOC32CCOC2)CC1. The molecule has 0 N–H and O–H groups in total. The van der Waals surface area contributed by atoms with E-state index in [1.165, 1.54) is 0 Å². The zero-order valence-corrected chi connectivity index (χ0v) is 15.6. The fraction of sp³-hybridized carbons (Fsp3) is 0.706. The third-order valence-corrected chi connectivity index (χ3v) is 7.26. The molecule has 0 amide bonds. The summed E-state index contributed by atoms with van der Waals surface area (Å²) in [6.45, 7) is 2.26. The van der Waals surface area contributed by atoms with Crippen LogP contribution in [0.1, 0.15) is 30.5 Å². The summed E-state index contributed by atoms with van der Waals surface area (Å²) in [6.07, 6.45) is 2.82. The van der Waals surface area contributed by atoms with E-state index < -0.39 is 15.4 Å². The number of nitrogens with zero attached hydrogens (tertiary/aromatic N) is 1. The summed E-state index contributed by atoms with van der Waals surface area (Å²) in [5, 5.41) is 0.386. The van der Waals surface area contributed by atoms with Crippen LogP contribution in [-0.4, -0.2) is 51.3 Å². The van der Waals surface area contributed by atoms with E-state index >= 15 is 0 Å². The molecule has 4 heterocycles. The van der Waals surface area contributed by atoms with Crippen molar-refractivity contribution in [2.45, 2.75) is 31.3 Å². The maximum Gasteiger partial charge on any atom is 0.150 e. The van der Waals surface area contributed by atoms with Gasteiger partial charge in [-0.25, -0.2) is 13.4 Å². The molecule has 2 fully saturated rings. The molecule has 0 saturated carbocycles. The van der Waals surface area contributed by atoms with E-state index in [2.05, 4.69) is 4.98 Å². The first-order chi connectivity index (χ1) is 12.0. The number of hydrogen-bond acceptors (Lipinski definition) is 6. The third kappa shape index (κ3) is 3.52. The second-order valence-corrected chi connectivity index (χ2v) is 9.76. The summed E-state index contributed by atoms with van der Waals surface area (Å²) in [5.41, 5.74) is 1.38. The van der Waals surface area contributed by atoms with Crippen LogP contribution in [0.15, 0.2) is 6.07 Å². The van der Waals surface area contributed by atoms with Crippen LogP contribution >= 0.6 is 11.6 Å². The van der Waals surface area contributed by atoms with E-state index in [1.54, 1.807) is 6.07 Å². The first kappa shape index (κ1) is 17.5. The van der Waals surface area contributed by atoms with Crippen molar-refractivity contribution in [2.24, 2.45) is 5.92 Å². The number of halogens is 1. The summed E-state index contributed by atoms with van der Waals surface area (Å²) >= 11 is 6.24. The van der Waals surface area contributed by atoms with Gasteiger partial charge in [-0.05, 0) is 18.8 Å². The van der Waals surface area contributed by atoms with Gasteiger partial charge >= 0.3 is 0 Å². The van der Waals surface area contributed by atoms with Crippen molar-refractivity contribution in [3.8, 4) is 5.75 Å². The minimum Gasteiger partial charge on any atom is -0.493 e. The Morgan fingerprint density at radius 3 is 2.84 bits per heavy atom. The quantitative estimate of drug-likeness (QED) is 0.739. The van der Waals surface area contributed by atoms with Crippen LogP contribution in [0.5, 0.6) is 5.75 Å². The molecule has 3 aliphatic heterocycles. The van der Waals surface area contributed by atoms with E-state index in [0.29, 0.717) is 44.4 Å². The average molecular weight is 388 g/mol. The third-order valence-electron chi connectivity index (χ3n) is 5.35. The molecule has 1 aromatic heterocycles. The normalized spacial score (nSPS) is 28.8. The van der Waals surface area contributed by atoms with Crippen LogP contribution in [0.25, 0.3) is 0 Å². The summed E-state index contributed by atoms with van der Waals surface area (Å²) < 4.78 is 40.8. The molecular weight excluding hydrogens is 366 g/mol. The van der Waals surface area contributed by atoms with Crippen LogP contribution in [0, 0.1) is 5.92 Å². The topological polar surface area (TPSA) is 74.7 Å². The Hall–Kier alpha value is -0.890. The highest BCUT2D eigenvalue weighted by atomic mass is 35.5. The number of aromatic nitrogens is 1. The highest BCUT2D eigenvalue weighted by Gasteiger charge is 2.44. The first-order valence-corrected chi connectivity index (χ1v) is 10.9. The lowest BCUT2D eigenvalue weighted by Gasteiger charge is -2.34. The molecule has 4 rings (SSSR count). The minimum atomic E-state index is -2.85. The van der Waals surface area contributed by atoms with Crippen molar-refractivity contribution in [1.29, 1.82) is 0 Å². The van der Waals surface area contributed by atoms with Gasteiger partial charge in [0.25, 0.3) is 0 Å². The molecule has 3 aliphatic rings. The molecule has 8 heteroatoms. The van der Waals surface area contributed by atoms with Crippen LogP contribution in [0.2, 0.25) is 5.15 Å².